The van der Waals surface area contributed by atoms with Crippen LogP contribution in [-0.4, -0.2) is 10.1 Å². The van der Waals surface area contributed by atoms with Crippen LogP contribution in [0, 0.1) is 5.82 Å². The molecule has 2 rings (SSSR count). The van der Waals surface area contributed by atoms with Crippen molar-refractivity contribution in [2.24, 2.45) is 0 Å². The van der Waals surface area contributed by atoms with Crippen LogP contribution >= 0.6 is 0 Å². The van der Waals surface area contributed by atoms with Crippen molar-refractivity contribution >= 4 is 0 Å². The molecule has 0 atom stereocenters. The molecule has 19 heavy (non-hydrogen) atoms. The van der Waals surface area contributed by atoms with Gasteiger partial charge in [0.2, 0.25) is 5.89 Å². The molecule has 0 spiro atoms. The minimum Gasteiger partial charge on any atom is -0.445 e. The number of hydrogen-bond acceptors (Lipinski definition) is 3. The zero-order chi connectivity index (χ0) is 14.2. The third-order valence-electron chi connectivity index (χ3n) is 2.94. The van der Waals surface area contributed by atoms with Crippen LogP contribution in [0.25, 0.3) is 11.3 Å². The fourth-order valence-corrected chi connectivity index (χ4v) is 1.83. The summed E-state index contributed by atoms with van der Waals surface area (Å²) in [6, 6.07) is 4.86. The molecule has 1 heterocycles. The van der Waals surface area contributed by atoms with E-state index in [1.807, 2.05) is 13.8 Å². The van der Waals surface area contributed by atoms with E-state index in [4.69, 9.17) is 4.42 Å². The first-order valence-corrected chi connectivity index (χ1v) is 6.27. The Morgan fingerprint density at radius 1 is 1.32 bits per heavy atom. The Morgan fingerprint density at radius 2 is 2.00 bits per heavy atom. The van der Waals surface area contributed by atoms with Gasteiger partial charge in [0.05, 0.1) is 0 Å². The van der Waals surface area contributed by atoms with E-state index in [0.717, 1.165) is 5.56 Å². The van der Waals surface area contributed by atoms with Gasteiger partial charge in [-0.25, -0.2) is 9.37 Å². The van der Waals surface area contributed by atoms with Crippen LogP contribution in [0.1, 0.15) is 45.1 Å². The van der Waals surface area contributed by atoms with E-state index >= 15 is 0 Å². The Hall–Kier alpha value is -1.68. The third-order valence-corrected chi connectivity index (χ3v) is 2.94. The molecule has 0 fully saturated rings. The number of oxazole rings is 1. The van der Waals surface area contributed by atoms with Crippen LogP contribution < -0.4 is 0 Å². The van der Waals surface area contributed by atoms with Crippen molar-refractivity contribution in [2.45, 2.75) is 39.2 Å². The quantitative estimate of drug-likeness (QED) is 0.915. The van der Waals surface area contributed by atoms with Crippen molar-refractivity contribution in [1.82, 2.24) is 4.98 Å². The Labute approximate surface area is 112 Å². The highest BCUT2D eigenvalue weighted by Gasteiger charge is 2.23. The first kappa shape index (κ1) is 13.7. The average molecular weight is 263 g/mol. The van der Waals surface area contributed by atoms with Crippen LogP contribution in [0.5, 0.6) is 0 Å². The largest absolute Gasteiger partial charge is 0.445 e. The molecule has 0 aliphatic carbocycles. The van der Waals surface area contributed by atoms with Crippen molar-refractivity contribution in [3.05, 3.63) is 41.7 Å². The lowest BCUT2D eigenvalue weighted by Crippen LogP contribution is -2.15. The number of nitrogens with zero attached hydrogens (tertiary/aromatic N) is 1. The summed E-state index contributed by atoms with van der Waals surface area (Å²) >= 11 is 0. The lowest BCUT2D eigenvalue weighted by Gasteiger charge is -2.11. The van der Waals surface area contributed by atoms with Crippen molar-refractivity contribution < 1.29 is 13.9 Å². The molecule has 3 nitrogen and oxygen atoms in total. The van der Waals surface area contributed by atoms with E-state index in [9.17, 15) is 9.50 Å². The molecule has 2 aromatic rings. The predicted octanol–water partition coefficient (Wildman–Crippen LogP) is 3.83. The minimum atomic E-state index is -1.13. The van der Waals surface area contributed by atoms with Crippen LogP contribution in [0.4, 0.5) is 4.39 Å². The van der Waals surface area contributed by atoms with Gasteiger partial charge in [0.15, 0.2) is 0 Å². The molecule has 0 radical (unpaired) electrons. The van der Waals surface area contributed by atoms with Gasteiger partial charge in [0.1, 0.15) is 23.4 Å². The highest BCUT2D eigenvalue weighted by Crippen LogP contribution is 2.28. The molecule has 0 unspecified atom stereocenters. The zero-order valence-corrected chi connectivity index (χ0v) is 11.6. The summed E-state index contributed by atoms with van der Waals surface area (Å²) in [5, 5.41) is 9.82. The van der Waals surface area contributed by atoms with Crippen molar-refractivity contribution in [2.75, 3.05) is 0 Å². The van der Waals surface area contributed by atoms with Crippen molar-refractivity contribution in [1.29, 1.82) is 0 Å². The molecule has 1 aromatic heterocycles. The summed E-state index contributed by atoms with van der Waals surface area (Å²) in [4.78, 5) is 4.24. The van der Waals surface area contributed by atoms with Gasteiger partial charge >= 0.3 is 0 Å². The summed E-state index contributed by atoms with van der Waals surface area (Å²) in [5.41, 5.74) is 0.896. The number of halogens is 1. The first-order valence-electron chi connectivity index (χ1n) is 6.27. The van der Waals surface area contributed by atoms with E-state index in [-0.39, 0.29) is 17.6 Å². The summed E-state index contributed by atoms with van der Waals surface area (Å²) in [5.74, 6) is 0.128. The topological polar surface area (TPSA) is 46.3 Å². The fraction of sp³-hybridized carbons (Fsp3) is 0.400. The van der Waals surface area contributed by atoms with E-state index in [0.29, 0.717) is 11.3 Å². The van der Waals surface area contributed by atoms with Crippen LogP contribution in [0.15, 0.2) is 28.9 Å². The monoisotopic (exact) mass is 263 g/mol. The lowest BCUT2D eigenvalue weighted by molar-refractivity contribution is 0.0483. The van der Waals surface area contributed by atoms with Gasteiger partial charge in [-0.1, -0.05) is 13.8 Å². The molecule has 4 heteroatoms. The Kier molecular flexibility index (Phi) is 3.45. The molecule has 0 aliphatic rings. The maximum atomic E-state index is 13.6. The second-order valence-electron chi connectivity index (χ2n) is 5.49. The molecule has 102 valence electrons. The molecule has 0 saturated carbocycles. The second kappa shape index (κ2) is 4.78. The number of hydrogen-bond donors (Lipinski definition) is 1. The SMILES string of the molecule is CC(C)c1cc(-c2coc(C(C)(C)O)n2)ccc1F. The lowest BCUT2D eigenvalue weighted by atomic mass is 9.99. The first-order chi connectivity index (χ1) is 8.79. The summed E-state index contributed by atoms with van der Waals surface area (Å²) in [6.45, 7) is 7.08. The van der Waals surface area contributed by atoms with Gasteiger partial charge < -0.3 is 9.52 Å². The highest BCUT2D eigenvalue weighted by atomic mass is 19.1. The Morgan fingerprint density at radius 3 is 2.53 bits per heavy atom. The zero-order valence-electron chi connectivity index (χ0n) is 11.6. The fourth-order valence-electron chi connectivity index (χ4n) is 1.83. The number of benzene rings is 1. The summed E-state index contributed by atoms with van der Waals surface area (Å²) in [7, 11) is 0. The van der Waals surface area contributed by atoms with Crippen LogP contribution in [0.3, 0.4) is 0 Å². The normalized spacial score (nSPS) is 12.2. The van der Waals surface area contributed by atoms with Gasteiger partial charge in [-0.2, -0.15) is 0 Å². The van der Waals surface area contributed by atoms with E-state index in [2.05, 4.69) is 4.98 Å². The molecule has 0 saturated heterocycles. The van der Waals surface area contributed by atoms with E-state index < -0.39 is 5.60 Å². The van der Waals surface area contributed by atoms with Crippen molar-refractivity contribution in [3.8, 4) is 11.3 Å². The average Bonchev–Trinajstić information content (AvgIpc) is 2.78. The van der Waals surface area contributed by atoms with Crippen LogP contribution in [0.2, 0.25) is 0 Å². The number of rotatable bonds is 3. The van der Waals surface area contributed by atoms with Gasteiger partial charge in [0.25, 0.3) is 0 Å². The standard InChI is InChI=1S/C15H18FNO2/c1-9(2)11-7-10(5-6-12(11)16)13-8-19-14(17-13)15(3,4)18/h5-9,18H,1-4H3. The van der Waals surface area contributed by atoms with Crippen molar-refractivity contribution in [3.63, 3.8) is 0 Å². The summed E-state index contributed by atoms with van der Waals surface area (Å²) < 4.78 is 18.9. The summed E-state index contributed by atoms with van der Waals surface area (Å²) in [6.07, 6.45) is 1.48. The van der Waals surface area contributed by atoms with E-state index in [1.165, 1.54) is 12.3 Å². The second-order valence-corrected chi connectivity index (χ2v) is 5.49. The Bertz CT molecular complexity index is 582. The smallest absolute Gasteiger partial charge is 0.226 e. The maximum absolute atomic E-state index is 13.6. The third kappa shape index (κ3) is 2.84. The maximum Gasteiger partial charge on any atom is 0.226 e. The minimum absolute atomic E-state index is 0.0978. The molecule has 1 N–H and O–H groups in total. The van der Waals surface area contributed by atoms with Gasteiger partial charge in [-0.15, -0.1) is 0 Å². The molecule has 0 bridgehead atoms. The van der Waals surface area contributed by atoms with Gasteiger partial charge in [0, 0.05) is 5.56 Å². The van der Waals surface area contributed by atoms with E-state index in [1.54, 1.807) is 26.0 Å². The molecule has 0 amide bonds. The molecule has 1 aromatic carbocycles. The van der Waals surface area contributed by atoms with Crippen LogP contribution in [-0.2, 0) is 5.60 Å². The van der Waals surface area contributed by atoms with Gasteiger partial charge in [-0.05, 0) is 43.5 Å². The molecular formula is C15H18FNO2. The molecular weight excluding hydrogens is 245 g/mol. The Balaban J connectivity index is 2.42. The highest BCUT2D eigenvalue weighted by molar-refractivity contribution is 5.59. The van der Waals surface area contributed by atoms with Gasteiger partial charge in [-0.3, -0.25) is 0 Å². The predicted molar refractivity (Wildman–Crippen MR) is 71.2 cm³/mol. The number of aromatic nitrogens is 1. The number of aliphatic hydroxyl groups is 1. The molecule has 0 aliphatic heterocycles.